The summed E-state index contributed by atoms with van der Waals surface area (Å²) in [7, 11) is 0. The number of nitrogens with zero attached hydrogens (tertiary/aromatic N) is 3. The van der Waals surface area contributed by atoms with Crippen LogP contribution in [0.1, 0.15) is 40.6 Å². The first kappa shape index (κ1) is 19.7. The fourth-order valence-electron chi connectivity index (χ4n) is 3.08. The molecule has 2 heterocycles. The highest BCUT2D eigenvalue weighted by Crippen LogP contribution is 2.24. The van der Waals surface area contributed by atoms with Crippen LogP contribution in [-0.4, -0.2) is 46.2 Å². The van der Waals surface area contributed by atoms with Crippen molar-refractivity contribution in [2.75, 3.05) is 19.6 Å². The highest BCUT2D eigenvalue weighted by Gasteiger charge is 2.26. The van der Waals surface area contributed by atoms with Gasteiger partial charge >= 0.3 is 0 Å². The average molecular weight is 407 g/mol. The molecule has 142 valence electrons. The van der Waals surface area contributed by atoms with Gasteiger partial charge in [-0.3, -0.25) is 14.5 Å². The Balaban J connectivity index is 1.75. The number of hydrogen-bond acceptors (Lipinski definition) is 5. The molecule has 6 nitrogen and oxygen atoms in total. The van der Waals surface area contributed by atoms with Crippen LogP contribution in [0.3, 0.4) is 0 Å². The van der Waals surface area contributed by atoms with Gasteiger partial charge in [0.05, 0.1) is 16.6 Å². The van der Waals surface area contributed by atoms with Gasteiger partial charge in [-0.2, -0.15) is 0 Å². The maximum atomic E-state index is 12.6. The van der Waals surface area contributed by atoms with E-state index < -0.39 is 0 Å². The third-order valence-corrected chi connectivity index (χ3v) is 5.16. The van der Waals surface area contributed by atoms with Crippen LogP contribution in [0.5, 0.6) is 0 Å². The molecule has 1 atom stereocenters. The van der Waals surface area contributed by atoms with Gasteiger partial charge in [-0.25, -0.2) is 9.97 Å². The normalized spacial score (nSPS) is 16.2. The third-order valence-electron chi connectivity index (χ3n) is 4.61. The predicted molar refractivity (Wildman–Crippen MR) is 104 cm³/mol. The van der Waals surface area contributed by atoms with Crippen molar-refractivity contribution in [2.45, 2.75) is 25.8 Å². The zero-order valence-electron chi connectivity index (χ0n) is 14.9. The number of aryl methyl sites for hydroxylation is 1. The second-order valence-electron chi connectivity index (χ2n) is 6.49. The fraction of sp³-hybridized carbons (Fsp3) is 0.368. The molecule has 1 saturated heterocycles. The Bertz CT molecular complexity index is 832. The molecule has 0 radical (unpaired) electrons. The molecule has 27 heavy (non-hydrogen) atoms. The Hall–Kier alpha value is -2.02. The minimum Gasteiger partial charge on any atom is -0.350 e. The summed E-state index contributed by atoms with van der Waals surface area (Å²) in [6.07, 6.45) is 4.57. The summed E-state index contributed by atoms with van der Waals surface area (Å²) in [6.45, 7) is 3.48. The van der Waals surface area contributed by atoms with Crippen molar-refractivity contribution in [2.24, 2.45) is 0 Å². The number of benzene rings is 1. The number of halogens is 2. The summed E-state index contributed by atoms with van der Waals surface area (Å²) in [6, 6.07) is 4.65. The number of piperidine rings is 1. The van der Waals surface area contributed by atoms with Crippen molar-refractivity contribution in [3.8, 4) is 0 Å². The van der Waals surface area contributed by atoms with E-state index in [0.717, 1.165) is 5.56 Å². The van der Waals surface area contributed by atoms with E-state index in [2.05, 4.69) is 20.2 Å². The summed E-state index contributed by atoms with van der Waals surface area (Å²) in [5, 5.41) is 3.71. The quantitative estimate of drug-likeness (QED) is 0.824. The Labute approximate surface area is 167 Å². The van der Waals surface area contributed by atoms with E-state index in [0.29, 0.717) is 53.9 Å². The van der Waals surface area contributed by atoms with Gasteiger partial charge in [0.2, 0.25) is 0 Å². The van der Waals surface area contributed by atoms with Gasteiger partial charge < -0.3 is 5.32 Å². The van der Waals surface area contributed by atoms with Crippen LogP contribution in [-0.2, 0) is 4.79 Å². The monoisotopic (exact) mass is 406 g/mol. The molecule has 8 heteroatoms. The maximum absolute atomic E-state index is 12.6. The van der Waals surface area contributed by atoms with E-state index in [9.17, 15) is 9.59 Å². The summed E-state index contributed by atoms with van der Waals surface area (Å²) in [5.41, 5.74) is 1.27. The smallest absolute Gasteiger partial charge is 0.252 e. The predicted octanol–water partition coefficient (Wildman–Crippen LogP) is 3.23. The number of carbonyl (C=O) groups is 2. The first-order chi connectivity index (χ1) is 12.9. The maximum Gasteiger partial charge on any atom is 0.252 e. The Kier molecular flexibility index (Phi) is 6.42. The molecule has 1 aromatic heterocycles. The molecule has 0 bridgehead atoms. The standard InChI is InChI=1S/C19H20Cl2N4O2/c1-12-22-9-13(10-23-12)18(25-6-4-15(26)5-7-25)11-24-19(27)16-3-2-14(20)8-17(16)21/h2-3,8-10,18H,4-7,11H2,1H3,(H,24,27). The molecule has 1 N–H and O–H groups in total. The van der Waals surface area contributed by atoms with Crippen LogP contribution in [0.15, 0.2) is 30.6 Å². The lowest BCUT2D eigenvalue weighted by Crippen LogP contribution is -2.42. The molecular formula is C19H20Cl2N4O2. The number of hydrogen-bond donors (Lipinski definition) is 1. The third kappa shape index (κ3) is 5.03. The van der Waals surface area contributed by atoms with Gasteiger partial charge in [-0.1, -0.05) is 23.2 Å². The van der Waals surface area contributed by atoms with Crippen molar-refractivity contribution < 1.29 is 9.59 Å². The number of aromatic nitrogens is 2. The van der Waals surface area contributed by atoms with Gasteiger partial charge in [-0.15, -0.1) is 0 Å². The number of amides is 1. The van der Waals surface area contributed by atoms with E-state index in [1.807, 2.05) is 6.92 Å². The lowest BCUT2D eigenvalue weighted by Gasteiger charge is -2.34. The largest absolute Gasteiger partial charge is 0.350 e. The van der Waals surface area contributed by atoms with Crippen molar-refractivity contribution >= 4 is 34.9 Å². The number of likely N-dealkylation sites (tertiary alicyclic amines) is 1. The summed E-state index contributed by atoms with van der Waals surface area (Å²) in [4.78, 5) is 34.9. The van der Waals surface area contributed by atoms with Gasteiger partial charge in [0.25, 0.3) is 5.91 Å². The number of carbonyl (C=O) groups excluding carboxylic acids is 2. The average Bonchev–Trinajstić information content (AvgIpc) is 2.64. The molecule has 3 rings (SSSR count). The lowest BCUT2D eigenvalue weighted by atomic mass is 10.0. The second-order valence-corrected chi connectivity index (χ2v) is 7.33. The van der Waals surface area contributed by atoms with E-state index in [1.165, 1.54) is 0 Å². The van der Waals surface area contributed by atoms with E-state index in [1.54, 1.807) is 30.6 Å². The van der Waals surface area contributed by atoms with Crippen LogP contribution in [0, 0.1) is 6.92 Å². The molecule has 1 aromatic carbocycles. The van der Waals surface area contributed by atoms with Gasteiger partial charge in [0.15, 0.2) is 0 Å². The van der Waals surface area contributed by atoms with E-state index >= 15 is 0 Å². The molecule has 2 aromatic rings. The first-order valence-electron chi connectivity index (χ1n) is 8.71. The van der Waals surface area contributed by atoms with E-state index in [-0.39, 0.29) is 17.7 Å². The van der Waals surface area contributed by atoms with Gasteiger partial charge in [-0.05, 0) is 25.1 Å². The molecule has 1 unspecified atom stereocenters. The Morgan fingerprint density at radius 3 is 2.52 bits per heavy atom. The van der Waals surface area contributed by atoms with Gasteiger partial charge in [0, 0.05) is 55.5 Å². The van der Waals surface area contributed by atoms with Crippen LogP contribution in [0.4, 0.5) is 0 Å². The number of Topliss-reactive ketones (excluding diaryl/α,β-unsaturated/α-hetero) is 1. The molecule has 0 aliphatic carbocycles. The SMILES string of the molecule is Cc1ncc(C(CNC(=O)c2ccc(Cl)cc2Cl)N2CCC(=O)CC2)cn1. The molecule has 1 aliphatic heterocycles. The van der Waals surface area contributed by atoms with Crippen molar-refractivity contribution in [1.82, 2.24) is 20.2 Å². The molecule has 1 aliphatic rings. The van der Waals surface area contributed by atoms with Crippen molar-refractivity contribution in [3.63, 3.8) is 0 Å². The number of rotatable bonds is 5. The first-order valence-corrected chi connectivity index (χ1v) is 9.47. The lowest BCUT2D eigenvalue weighted by molar-refractivity contribution is -0.121. The van der Waals surface area contributed by atoms with Crippen molar-refractivity contribution in [3.05, 3.63) is 57.6 Å². The summed E-state index contributed by atoms with van der Waals surface area (Å²) in [5.74, 6) is 0.674. The summed E-state index contributed by atoms with van der Waals surface area (Å²) < 4.78 is 0. The Morgan fingerprint density at radius 1 is 1.22 bits per heavy atom. The zero-order valence-corrected chi connectivity index (χ0v) is 16.4. The number of ketones is 1. The van der Waals surface area contributed by atoms with Crippen LogP contribution in [0.25, 0.3) is 0 Å². The second kappa shape index (κ2) is 8.78. The Morgan fingerprint density at radius 2 is 1.89 bits per heavy atom. The molecule has 1 amide bonds. The topological polar surface area (TPSA) is 75.2 Å². The van der Waals surface area contributed by atoms with Crippen molar-refractivity contribution in [1.29, 1.82) is 0 Å². The van der Waals surface area contributed by atoms with Gasteiger partial charge in [0.1, 0.15) is 11.6 Å². The minimum atomic E-state index is -0.275. The molecule has 1 fully saturated rings. The minimum absolute atomic E-state index is 0.117. The zero-order chi connectivity index (χ0) is 19.4. The highest BCUT2D eigenvalue weighted by atomic mass is 35.5. The molecule has 0 saturated carbocycles. The van der Waals surface area contributed by atoms with Crippen LogP contribution in [0.2, 0.25) is 10.0 Å². The highest BCUT2D eigenvalue weighted by molar-refractivity contribution is 6.36. The van der Waals surface area contributed by atoms with E-state index in [4.69, 9.17) is 23.2 Å². The molecular weight excluding hydrogens is 387 g/mol. The van der Waals surface area contributed by atoms with Crippen LogP contribution >= 0.6 is 23.2 Å². The molecule has 0 spiro atoms. The fourth-order valence-corrected chi connectivity index (χ4v) is 3.57. The van der Waals surface area contributed by atoms with Crippen LogP contribution < -0.4 is 5.32 Å². The number of nitrogens with one attached hydrogen (secondary N) is 1. The summed E-state index contributed by atoms with van der Waals surface area (Å²) >= 11 is 12.0.